The second-order valence-corrected chi connectivity index (χ2v) is 8.78. The van der Waals surface area contributed by atoms with Gasteiger partial charge in [0, 0.05) is 31.1 Å². The summed E-state index contributed by atoms with van der Waals surface area (Å²) in [6, 6.07) is 8.21. The first-order chi connectivity index (χ1) is 14.8. The summed E-state index contributed by atoms with van der Waals surface area (Å²) in [6.45, 7) is 1.58. The number of amides is 4. The van der Waals surface area contributed by atoms with Crippen molar-refractivity contribution in [2.24, 2.45) is 0 Å². The van der Waals surface area contributed by atoms with Crippen LogP contribution in [0.3, 0.4) is 0 Å². The van der Waals surface area contributed by atoms with Crippen LogP contribution in [0.2, 0.25) is 15.1 Å². The van der Waals surface area contributed by atoms with Crippen molar-refractivity contribution in [2.75, 3.05) is 5.32 Å². The molecular formula is C21H19Cl3N4O3. The van der Waals surface area contributed by atoms with Gasteiger partial charge in [-0.05, 0) is 35.2 Å². The van der Waals surface area contributed by atoms with Gasteiger partial charge in [0.25, 0.3) is 0 Å². The van der Waals surface area contributed by atoms with Crippen LogP contribution < -0.4 is 16.0 Å². The maximum absolute atomic E-state index is 12.3. The molecule has 162 valence electrons. The Bertz CT molecular complexity index is 1050. The molecule has 1 fully saturated rings. The lowest BCUT2D eigenvalue weighted by Crippen LogP contribution is -2.50. The molecule has 1 unspecified atom stereocenters. The minimum absolute atomic E-state index is 0.217. The summed E-state index contributed by atoms with van der Waals surface area (Å²) in [5, 5.41) is 8.70. The van der Waals surface area contributed by atoms with E-state index in [0.29, 0.717) is 43.2 Å². The van der Waals surface area contributed by atoms with E-state index in [2.05, 4.69) is 20.9 Å². The van der Waals surface area contributed by atoms with Crippen LogP contribution >= 0.6 is 34.8 Å². The number of hydrogen-bond acceptors (Lipinski definition) is 4. The van der Waals surface area contributed by atoms with Gasteiger partial charge in [0.05, 0.1) is 21.8 Å². The molecule has 0 saturated carbocycles. The SMILES string of the molecule is O=C1CCC(N2Cc3ccc(CNC(=O)Nc4c(Cl)cc(Cl)cc4Cl)cc3C2)C(=O)N1. The molecular weight excluding hydrogens is 463 g/mol. The van der Waals surface area contributed by atoms with Crippen molar-refractivity contribution in [3.63, 3.8) is 0 Å². The second-order valence-electron chi connectivity index (χ2n) is 7.53. The Labute approximate surface area is 194 Å². The van der Waals surface area contributed by atoms with Crippen molar-refractivity contribution in [1.29, 1.82) is 0 Å². The molecule has 31 heavy (non-hydrogen) atoms. The largest absolute Gasteiger partial charge is 0.334 e. The highest BCUT2D eigenvalue weighted by atomic mass is 35.5. The Hall–Kier alpha value is -2.32. The molecule has 10 heteroatoms. The lowest BCUT2D eigenvalue weighted by molar-refractivity contribution is -0.137. The Balaban J connectivity index is 1.35. The molecule has 4 rings (SSSR count). The standard InChI is InChI=1S/C21H19Cl3N4O3/c22-14-6-15(23)19(16(24)7-14)27-21(31)25-8-11-1-2-12-9-28(10-13(12)5-11)17-3-4-18(29)26-20(17)30/h1-2,5-7,17H,3-4,8-10H2,(H2,25,27,31)(H,26,29,30). The summed E-state index contributed by atoms with van der Waals surface area (Å²) in [5.41, 5.74) is 3.46. The summed E-state index contributed by atoms with van der Waals surface area (Å²) in [5.74, 6) is -0.451. The van der Waals surface area contributed by atoms with E-state index in [-0.39, 0.29) is 27.9 Å². The number of imide groups is 1. The predicted molar refractivity (Wildman–Crippen MR) is 119 cm³/mol. The zero-order valence-corrected chi connectivity index (χ0v) is 18.6. The summed E-state index contributed by atoms with van der Waals surface area (Å²) in [6.07, 6.45) is 0.887. The molecule has 0 aliphatic carbocycles. The summed E-state index contributed by atoms with van der Waals surface area (Å²) >= 11 is 18.1. The van der Waals surface area contributed by atoms with E-state index in [1.165, 1.54) is 12.1 Å². The van der Waals surface area contributed by atoms with Crippen LogP contribution in [0.25, 0.3) is 0 Å². The zero-order chi connectivity index (χ0) is 22.1. The number of urea groups is 1. The highest BCUT2D eigenvalue weighted by molar-refractivity contribution is 6.42. The van der Waals surface area contributed by atoms with E-state index in [1.54, 1.807) is 0 Å². The van der Waals surface area contributed by atoms with E-state index >= 15 is 0 Å². The van der Waals surface area contributed by atoms with E-state index in [9.17, 15) is 14.4 Å². The molecule has 0 radical (unpaired) electrons. The van der Waals surface area contributed by atoms with E-state index < -0.39 is 6.03 Å². The Kier molecular flexibility index (Phi) is 6.39. The van der Waals surface area contributed by atoms with Crippen molar-refractivity contribution < 1.29 is 14.4 Å². The van der Waals surface area contributed by atoms with Gasteiger partial charge in [-0.15, -0.1) is 0 Å². The molecule has 2 heterocycles. The van der Waals surface area contributed by atoms with Crippen LogP contribution in [0.5, 0.6) is 0 Å². The second kappa shape index (κ2) is 9.04. The third kappa shape index (κ3) is 4.96. The minimum atomic E-state index is -0.447. The maximum atomic E-state index is 12.3. The lowest BCUT2D eigenvalue weighted by Gasteiger charge is -2.29. The van der Waals surface area contributed by atoms with Crippen LogP contribution in [0.15, 0.2) is 30.3 Å². The number of anilines is 1. The van der Waals surface area contributed by atoms with Crippen molar-refractivity contribution >= 4 is 58.3 Å². The number of carbonyl (C=O) groups is 3. The Morgan fingerprint density at radius 3 is 2.48 bits per heavy atom. The van der Waals surface area contributed by atoms with E-state index in [0.717, 1.165) is 16.7 Å². The molecule has 2 aliphatic rings. The fraction of sp³-hybridized carbons (Fsp3) is 0.286. The molecule has 2 aliphatic heterocycles. The summed E-state index contributed by atoms with van der Waals surface area (Å²) in [7, 11) is 0. The molecule has 7 nitrogen and oxygen atoms in total. The molecule has 0 bridgehead atoms. The van der Waals surface area contributed by atoms with Crippen LogP contribution in [0.4, 0.5) is 10.5 Å². The highest BCUT2D eigenvalue weighted by Crippen LogP contribution is 2.33. The smallest absolute Gasteiger partial charge is 0.319 e. The molecule has 0 spiro atoms. The number of halogens is 3. The first kappa shape index (κ1) is 21.9. The van der Waals surface area contributed by atoms with Gasteiger partial charge in [0.15, 0.2) is 0 Å². The minimum Gasteiger partial charge on any atom is -0.334 e. The van der Waals surface area contributed by atoms with Gasteiger partial charge in [-0.1, -0.05) is 53.0 Å². The Morgan fingerprint density at radius 1 is 1.06 bits per heavy atom. The van der Waals surface area contributed by atoms with Gasteiger partial charge in [0.1, 0.15) is 0 Å². The van der Waals surface area contributed by atoms with Gasteiger partial charge in [-0.25, -0.2) is 4.79 Å². The monoisotopic (exact) mass is 480 g/mol. The van der Waals surface area contributed by atoms with Gasteiger partial charge in [0.2, 0.25) is 11.8 Å². The molecule has 2 aromatic carbocycles. The normalized spacial score (nSPS) is 18.5. The topological polar surface area (TPSA) is 90.5 Å². The number of fused-ring (bicyclic) bond motifs is 1. The van der Waals surface area contributed by atoms with Gasteiger partial charge in [-0.2, -0.15) is 0 Å². The average Bonchev–Trinajstić information content (AvgIpc) is 3.12. The molecule has 1 atom stereocenters. The quantitative estimate of drug-likeness (QED) is 0.574. The number of nitrogens with zero attached hydrogens (tertiary/aromatic N) is 1. The van der Waals surface area contributed by atoms with Gasteiger partial charge < -0.3 is 10.6 Å². The fourth-order valence-corrected chi connectivity index (χ4v) is 4.75. The number of nitrogens with one attached hydrogen (secondary N) is 3. The van der Waals surface area contributed by atoms with Crippen LogP contribution in [0.1, 0.15) is 29.5 Å². The van der Waals surface area contributed by atoms with Crippen LogP contribution in [0, 0.1) is 0 Å². The number of hydrogen-bond donors (Lipinski definition) is 3. The average molecular weight is 482 g/mol. The van der Waals surface area contributed by atoms with Crippen molar-refractivity contribution in [1.82, 2.24) is 15.5 Å². The highest BCUT2D eigenvalue weighted by Gasteiger charge is 2.34. The molecule has 2 aromatic rings. The first-order valence-corrected chi connectivity index (χ1v) is 10.8. The number of rotatable bonds is 4. The molecule has 4 amide bonds. The number of carbonyl (C=O) groups excluding carboxylic acids is 3. The van der Waals surface area contributed by atoms with Gasteiger partial charge in [-0.3, -0.25) is 19.8 Å². The van der Waals surface area contributed by atoms with Crippen molar-refractivity contribution in [2.45, 2.75) is 38.5 Å². The lowest BCUT2D eigenvalue weighted by atomic mass is 10.0. The third-order valence-electron chi connectivity index (χ3n) is 5.37. The molecule has 0 aromatic heterocycles. The summed E-state index contributed by atoms with van der Waals surface area (Å²) in [4.78, 5) is 37.9. The van der Waals surface area contributed by atoms with Crippen LogP contribution in [-0.4, -0.2) is 28.8 Å². The van der Waals surface area contributed by atoms with E-state index in [4.69, 9.17) is 34.8 Å². The third-order valence-corrected chi connectivity index (χ3v) is 6.18. The number of benzene rings is 2. The van der Waals surface area contributed by atoms with Crippen molar-refractivity contribution in [3.8, 4) is 0 Å². The zero-order valence-electron chi connectivity index (χ0n) is 16.3. The maximum Gasteiger partial charge on any atom is 0.319 e. The van der Waals surface area contributed by atoms with E-state index in [1.807, 2.05) is 18.2 Å². The first-order valence-electron chi connectivity index (χ1n) is 9.68. The Morgan fingerprint density at radius 2 is 1.77 bits per heavy atom. The van der Waals surface area contributed by atoms with Crippen LogP contribution in [-0.2, 0) is 29.2 Å². The number of piperidine rings is 1. The molecule has 1 saturated heterocycles. The summed E-state index contributed by atoms with van der Waals surface area (Å²) < 4.78 is 0. The molecule has 3 N–H and O–H groups in total. The predicted octanol–water partition coefficient (Wildman–Crippen LogP) is 4.09. The fourth-order valence-electron chi connectivity index (χ4n) is 3.84. The van der Waals surface area contributed by atoms with Gasteiger partial charge >= 0.3 is 6.03 Å². The van der Waals surface area contributed by atoms with Crippen molar-refractivity contribution in [3.05, 3.63) is 62.1 Å².